The van der Waals surface area contributed by atoms with Crippen molar-refractivity contribution < 1.29 is 22.7 Å². The molecule has 1 atom stereocenters. The summed E-state index contributed by atoms with van der Waals surface area (Å²) in [5.41, 5.74) is 0.541. The molecular weight excluding hydrogens is 402 g/mol. The van der Waals surface area contributed by atoms with Gasteiger partial charge in [-0.2, -0.15) is 4.31 Å². The van der Waals surface area contributed by atoms with Crippen LogP contribution in [0.25, 0.3) is 0 Å². The number of ketones is 1. The Kier molecular flexibility index (Phi) is 7.35. The number of carbonyl (C=O) groups is 2. The van der Waals surface area contributed by atoms with Crippen molar-refractivity contribution in [2.75, 3.05) is 13.1 Å². The van der Waals surface area contributed by atoms with Crippen molar-refractivity contribution in [1.29, 1.82) is 0 Å². The first kappa shape index (κ1) is 22.1. The molecule has 2 aromatic rings. The maximum Gasteiger partial charge on any atom is 0.338 e. The van der Waals surface area contributed by atoms with Gasteiger partial charge in [-0.25, -0.2) is 13.2 Å². The zero-order valence-corrected chi connectivity index (χ0v) is 17.5. The molecule has 6 nitrogen and oxygen atoms in total. The first-order valence-electron chi connectivity index (χ1n) is 8.81. The van der Waals surface area contributed by atoms with E-state index in [-0.39, 0.29) is 16.2 Å². The quantitative estimate of drug-likeness (QED) is 0.476. The van der Waals surface area contributed by atoms with Crippen LogP contribution in [0.3, 0.4) is 0 Å². The smallest absolute Gasteiger partial charge is 0.338 e. The Balaban J connectivity index is 2.10. The minimum Gasteiger partial charge on any atom is -0.451 e. The predicted molar refractivity (Wildman–Crippen MR) is 107 cm³/mol. The Morgan fingerprint density at radius 1 is 0.964 bits per heavy atom. The van der Waals surface area contributed by atoms with E-state index in [4.69, 9.17) is 16.3 Å². The van der Waals surface area contributed by atoms with Crippen LogP contribution >= 0.6 is 11.6 Å². The number of Topliss-reactive ketones (excluding diaryl/α,β-unsaturated/α-hetero) is 1. The number of esters is 1. The summed E-state index contributed by atoms with van der Waals surface area (Å²) in [6.07, 6.45) is -0.993. The van der Waals surface area contributed by atoms with Crippen LogP contribution in [0, 0.1) is 0 Å². The highest BCUT2D eigenvalue weighted by Crippen LogP contribution is 2.18. The molecule has 0 fully saturated rings. The van der Waals surface area contributed by atoms with Crippen molar-refractivity contribution in [3.05, 3.63) is 64.7 Å². The second-order valence-electron chi connectivity index (χ2n) is 6.03. The monoisotopic (exact) mass is 423 g/mol. The number of ether oxygens (including phenoxy) is 1. The van der Waals surface area contributed by atoms with Crippen LogP contribution in [0.15, 0.2) is 53.4 Å². The van der Waals surface area contributed by atoms with Crippen LogP contribution in [-0.4, -0.2) is 43.7 Å². The van der Waals surface area contributed by atoms with Gasteiger partial charge >= 0.3 is 5.97 Å². The normalized spacial score (nSPS) is 12.6. The van der Waals surface area contributed by atoms with Crippen LogP contribution in [0.4, 0.5) is 0 Å². The first-order valence-corrected chi connectivity index (χ1v) is 10.6. The summed E-state index contributed by atoms with van der Waals surface area (Å²) in [7, 11) is -3.60. The number of sulfonamides is 1. The van der Waals surface area contributed by atoms with Crippen LogP contribution in [0.5, 0.6) is 0 Å². The van der Waals surface area contributed by atoms with Gasteiger partial charge in [-0.05, 0) is 55.5 Å². The van der Waals surface area contributed by atoms with E-state index < -0.39 is 22.1 Å². The summed E-state index contributed by atoms with van der Waals surface area (Å²) in [5.74, 6) is -1.06. The van der Waals surface area contributed by atoms with Crippen LogP contribution in [0.1, 0.15) is 41.5 Å². The van der Waals surface area contributed by atoms with E-state index in [1.165, 1.54) is 35.5 Å². The van der Waals surface area contributed by atoms with Gasteiger partial charge < -0.3 is 4.74 Å². The molecule has 0 amide bonds. The summed E-state index contributed by atoms with van der Waals surface area (Å²) in [5, 5.41) is 0.501. The molecular formula is C20H22ClNO5S. The maximum atomic E-state index is 12.5. The molecule has 1 unspecified atom stereocenters. The van der Waals surface area contributed by atoms with Crippen LogP contribution < -0.4 is 0 Å². The van der Waals surface area contributed by atoms with Gasteiger partial charge in [0.2, 0.25) is 15.8 Å². The number of benzene rings is 2. The zero-order chi connectivity index (χ0) is 20.9. The molecule has 0 spiro atoms. The molecule has 0 heterocycles. The fourth-order valence-electron chi connectivity index (χ4n) is 2.61. The number of nitrogens with zero attached hydrogens (tertiary/aromatic N) is 1. The maximum absolute atomic E-state index is 12.5. The lowest BCUT2D eigenvalue weighted by atomic mass is 10.1. The molecule has 0 saturated carbocycles. The largest absolute Gasteiger partial charge is 0.451 e. The third kappa shape index (κ3) is 4.98. The Labute approximate surface area is 170 Å². The second kappa shape index (κ2) is 9.32. The predicted octanol–water partition coefficient (Wildman–Crippen LogP) is 3.80. The molecule has 150 valence electrons. The van der Waals surface area contributed by atoms with Gasteiger partial charge in [0.25, 0.3) is 0 Å². The highest BCUT2D eigenvalue weighted by atomic mass is 35.5. The van der Waals surface area contributed by atoms with E-state index in [1.807, 2.05) is 0 Å². The molecule has 2 aromatic carbocycles. The Morgan fingerprint density at radius 2 is 1.46 bits per heavy atom. The van der Waals surface area contributed by atoms with E-state index in [2.05, 4.69) is 0 Å². The highest BCUT2D eigenvalue weighted by Gasteiger charge is 2.23. The topological polar surface area (TPSA) is 80.8 Å². The summed E-state index contributed by atoms with van der Waals surface area (Å²) < 4.78 is 31.5. The number of carbonyl (C=O) groups excluding carboxylic acids is 2. The lowest BCUT2D eigenvalue weighted by molar-refractivity contribution is 0.0318. The summed E-state index contributed by atoms with van der Waals surface area (Å²) >= 11 is 5.80. The van der Waals surface area contributed by atoms with Crippen molar-refractivity contribution in [2.45, 2.75) is 31.8 Å². The molecule has 0 bridgehead atoms. The van der Waals surface area contributed by atoms with Gasteiger partial charge in [0.1, 0.15) is 0 Å². The highest BCUT2D eigenvalue weighted by molar-refractivity contribution is 7.89. The SMILES string of the molecule is CCN(CC)S(=O)(=O)c1ccc(C(=O)OC(C)C(=O)c2ccc(Cl)cc2)cc1. The molecule has 0 aliphatic carbocycles. The van der Waals surface area contributed by atoms with Crippen LogP contribution in [-0.2, 0) is 14.8 Å². The average molecular weight is 424 g/mol. The van der Waals surface area contributed by atoms with E-state index in [1.54, 1.807) is 38.1 Å². The molecule has 0 aliphatic heterocycles. The third-order valence-corrected chi connectivity index (χ3v) is 6.53. The molecule has 0 N–H and O–H groups in total. The van der Waals surface area contributed by atoms with Gasteiger partial charge in [0, 0.05) is 23.7 Å². The molecule has 8 heteroatoms. The molecule has 0 radical (unpaired) electrons. The number of hydrogen-bond acceptors (Lipinski definition) is 5. The molecule has 0 aromatic heterocycles. The fraction of sp³-hybridized carbons (Fsp3) is 0.300. The van der Waals surface area contributed by atoms with Crippen LogP contribution in [0.2, 0.25) is 5.02 Å². The van der Waals surface area contributed by atoms with Crippen molar-refractivity contribution in [2.24, 2.45) is 0 Å². The lowest BCUT2D eigenvalue weighted by Gasteiger charge is -2.18. The Bertz CT molecular complexity index is 936. The molecule has 28 heavy (non-hydrogen) atoms. The zero-order valence-electron chi connectivity index (χ0n) is 15.9. The van der Waals surface area contributed by atoms with E-state index in [9.17, 15) is 18.0 Å². The number of rotatable bonds is 8. The van der Waals surface area contributed by atoms with Crippen molar-refractivity contribution >= 4 is 33.4 Å². The van der Waals surface area contributed by atoms with Gasteiger partial charge in [-0.1, -0.05) is 25.4 Å². The molecule has 0 saturated heterocycles. The third-order valence-electron chi connectivity index (χ3n) is 4.21. The number of halogens is 1. The van der Waals surface area contributed by atoms with Crippen molar-refractivity contribution in [1.82, 2.24) is 4.31 Å². The number of hydrogen-bond donors (Lipinski definition) is 0. The Hall–Kier alpha value is -2.22. The minimum absolute atomic E-state index is 0.0954. The Morgan fingerprint density at radius 3 is 1.96 bits per heavy atom. The van der Waals surface area contributed by atoms with Gasteiger partial charge in [0.05, 0.1) is 10.5 Å². The molecule has 0 aliphatic rings. The molecule has 2 rings (SSSR count). The lowest BCUT2D eigenvalue weighted by Crippen LogP contribution is -2.30. The summed E-state index contributed by atoms with van der Waals surface area (Å²) in [6, 6.07) is 11.7. The standard InChI is InChI=1S/C20H22ClNO5S/c1-4-22(5-2)28(25,26)18-12-8-16(9-13-18)20(24)27-14(3)19(23)15-6-10-17(21)11-7-15/h6-14H,4-5H2,1-3H3. The van der Waals surface area contributed by atoms with E-state index >= 15 is 0 Å². The first-order chi connectivity index (χ1) is 13.2. The van der Waals surface area contributed by atoms with Gasteiger partial charge in [-0.3, -0.25) is 4.79 Å². The summed E-state index contributed by atoms with van der Waals surface area (Å²) in [6.45, 7) is 5.70. The van der Waals surface area contributed by atoms with Crippen molar-refractivity contribution in [3.8, 4) is 0 Å². The average Bonchev–Trinajstić information content (AvgIpc) is 2.68. The van der Waals surface area contributed by atoms with E-state index in [0.29, 0.717) is 23.7 Å². The van der Waals surface area contributed by atoms with Gasteiger partial charge in [-0.15, -0.1) is 0 Å². The van der Waals surface area contributed by atoms with E-state index in [0.717, 1.165) is 0 Å². The van der Waals surface area contributed by atoms with Crippen molar-refractivity contribution in [3.63, 3.8) is 0 Å². The van der Waals surface area contributed by atoms with Gasteiger partial charge in [0.15, 0.2) is 6.10 Å². The fourth-order valence-corrected chi connectivity index (χ4v) is 4.19. The summed E-state index contributed by atoms with van der Waals surface area (Å²) in [4.78, 5) is 24.7. The minimum atomic E-state index is -3.60. The second-order valence-corrected chi connectivity index (χ2v) is 8.41.